The molecule has 9 aromatic carbocycles. The maximum Gasteiger partial charge on any atom is 0.333 e. The molecule has 0 atom stereocenters. The van der Waals surface area contributed by atoms with Gasteiger partial charge >= 0.3 is 6.85 Å². The molecule has 2 aliphatic heterocycles. The van der Waals surface area contributed by atoms with Crippen LogP contribution in [0.15, 0.2) is 170 Å². The van der Waals surface area contributed by atoms with Crippen molar-refractivity contribution in [2.45, 2.75) is 132 Å². The second kappa shape index (κ2) is 18.2. The number of fused-ring (bicyclic) bond motifs is 6. The number of anilines is 8. The molecule has 0 saturated heterocycles. The van der Waals surface area contributed by atoms with Crippen molar-refractivity contribution in [3.63, 3.8) is 0 Å². The summed E-state index contributed by atoms with van der Waals surface area (Å²) in [4.78, 5) is 7.77. The van der Waals surface area contributed by atoms with E-state index in [9.17, 15) is 0 Å². The van der Waals surface area contributed by atoms with E-state index in [4.69, 9.17) is 0 Å². The zero-order chi connectivity index (χ0) is 54.0. The maximum absolute atomic E-state index is 2.68. The third-order valence-corrected chi connectivity index (χ3v) is 16.4. The first kappa shape index (κ1) is 50.8. The van der Waals surface area contributed by atoms with Gasteiger partial charge in [0.2, 0.25) is 0 Å². The van der Waals surface area contributed by atoms with Crippen LogP contribution in [0.2, 0.25) is 0 Å². The predicted molar refractivity (Wildman–Crippen MR) is 332 cm³/mol. The lowest BCUT2D eigenvalue weighted by Crippen LogP contribution is -2.61. The van der Waals surface area contributed by atoms with E-state index in [1.807, 2.05) is 0 Å². The van der Waals surface area contributed by atoms with Gasteiger partial charge in [0.25, 0.3) is 0 Å². The summed E-state index contributed by atoms with van der Waals surface area (Å²) in [5.74, 6) is 0. The molecule has 0 spiro atoms. The molecule has 2 aliphatic rings. The van der Waals surface area contributed by atoms with E-state index in [0.717, 1.165) is 17.1 Å². The summed E-state index contributed by atoms with van der Waals surface area (Å²) < 4.78 is 0. The smallest absolute Gasteiger partial charge is 0.333 e. The van der Waals surface area contributed by atoms with Crippen molar-refractivity contribution in [3.8, 4) is 22.3 Å². The molecule has 0 fully saturated rings. The minimum absolute atomic E-state index is 0.00378. The van der Waals surface area contributed by atoms with Gasteiger partial charge in [0, 0.05) is 51.1 Å². The Morgan fingerprint density at radius 3 is 1.45 bits per heavy atom. The average molecular weight is 994 g/mol. The number of nitrogens with zero attached hydrogens (tertiary/aromatic N) is 3. The summed E-state index contributed by atoms with van der Waals surface area (Å²) in [6.07, 6.45) is 0. The predicted octanol–water partition coefficient (Wildman–Crippen LogP) is 19.1. The normalized spacial score (nSPS) is 13.4. The molecule has 2 heterocycles. The van der Waals surface area contributed by atoms with Gasteiger partial charge in [-0.3, -0.25) is 0 Å². The van der Waals surface area contributed by atoms with Crippen LogP contribution in [-0.4, -0.2) is 6.85 Å². The molecule has 4 heteroatoms. The maximum atomic E-state index is 2.68. The molecular weight excluding hydrogens is 918 g/mol. The zero-order valence-electron chi connectivity index (χ0n) is 48.1. The van der Waals surface area contributed by atoms with E-state index in [-0.39, 0.29) is 28.5 Å². The first-order chi connectivity index (χ1) is 35.9. The van der Waals surface area contributed by atoms with E-state index in [0.29, 0.717) is 0 Å². The number of hydrogen-bond donors (Lipinski definition) is 0. The second-order valence-corrected chi connectivity index (χ2v) is 26.2. The third-order valence-electron chi connectivity index (χ3n) is 16.4. The molecule has 0 aromatic heterocycles. The lowest BCUT2D eigenvalue weighted by Gasteiger charge is -2.47. The van der Waals surface area contributed by atoms with Crippen LogP contribution in [0.5, 0.6) is 0 Å². The van der Waals surface area contributed by atoms with Crippen LogP contribution in [0.3, 0.4) is 0 Å². The van der Waals surface area contributed by atoms with Gasteiger partial charge in [0.1, 0.15) is 0 Å². The van der Waals surface area contributed by atoms with E-state index in [1.54, 1.807) is 0 Å². The fourth-order valence-corrected chi connectivity index (χ4v) is 12.3. The fraction of sp³-hybridized carbons (Fsp3) is 0.278. The van der Waals surface area contributed by atoms with Crippen LogP contribution in [0.1, 0.15) is 128 Å². The van der Waals surface area contributed by atoms with Gasteiger partial charge in [-0.25, -0.2) is 0 Å². The lowest BCUT2D eigenvalue weighted by molar-refractivity contribution is 0.589. The number of hydrogen-bond acceptors (Lipinski definition) is 3. The molecular formula is C72H76BN3. The summed E-state index contributed by atoms with van der Waals surface area (Å²) in [5.41, 5.74) is 27.4. The minimum Gasteiger partial charge on any atom is -0.376 e. The van der Waals surface area contributed by atoms with Gasteiger partial charge < -0.3 is 14.6 Å². The zero-order valence-corrected chi connectivity index (χ0v) is 48.1. The monoisotopic (exact) mass is 994 g/mol. The van der Waals surface area contributed by atoms with Crippen LogP contribution in [0, 0.1) is 27.7 Å². The van der Waals surface area contributed by atoms with Crippen LogP contribution < -0.4 is 25.5 Å². The van der Waals surface area contributed by atoms with Gasteiger partial charge in [-0.15, -0.1) is 0 Å². The van der Waals surface area contributed by atoms with Crippen LogP contribution >= 0.6 is 0 Å². The Hall–Kier alpha value is -7.30. The molecule has 0 saturated carbocycles. The first-order valence-electron chi connectivity index (χ1n) is 27.6. The molecule has 0 bridgehead atoms. The van der Waals surface area contributed by atoms with Gasteiger partial charge in [-0.1, -0.05) is 180 Å². The van der Waals surface area contributed by atoms with Crippen molar-refractivity contribution < 1.29 is 0 Å². The highest BCUT2D eigenvalue weighted by atomic mass is 15.2. The highest BCUT2D eigenvalue weighted by Crippen LogP contribution is 2.52. The largest absolute Gasteiger partial charge is 0.376 e. The molecule has 11 rings (SSSR count). The van der Waals surface area contributed by atoms with Gasteiger partial charge in [0.15, 0.2) is 0 Å². The van der Waals surface area contributed by atoms with Crippen molar-refractivity contribution in [2.24, 2.45) is 0 Å². The molecule has 3 nitrogen and oxygen atoms in total. The topological polar surface area (TPSA) is 9.72 Å². The highest BCUT2D eigenvalue weighted by molar-refractivity contribution is 6.93. The first-order valence-corrected chi connectivity index (χ1v) is 27.6. The van der Waals surface area contributed by atoms with Crippen molar-refractivity contribution >= 4 is 74.0 Å². The summed E-state index contributed by atoms with van der Waals surface area (Å²) in [7, 11) is 0. The van der Waals surface area contributed by atoms with Crippen LogP contribution in [0.25, 0.3) is 33.0 Å². The molecule has 0 N–H and O–H groups in total. The molecule has 0 radical (unpaired) electrons. The average Bonchev–Trinajstić information content (AvgIpc) is 3.50. The van der Waals surface area contributed by atoms with Crippen molar-refractivity contribution in [1.82, 2.24) is 0 Å². The minimum atomic E-state index is -0.192. The highest BCUT2D eigenvalue weighted by Gasteiger charge is 2.46. The van der Waals surface area contributed by atoms with Crippen molar-refractivity contribution in [1.29, 1.82) is 0 Å². The molecule has 382 valence electrons. The number of rotatable bonds is 6. The Kier molecular flexibility index (Phi) is 12.2. The Balaban J connectivity index is 1.27. The standard InChI is InChI=1S/C72H76BN3/c1-45-39-47(3)66(48(4)40-45)50-42-60-67-59-20-18-17-19-49(59)21-36-64(67)76(57-33-26-53(27-34-57)71(11,12)13)73-61-44-58(35-38-63(61)75(65(43-50)68(60)73)62-37-28-54(41-46(62)2)72(14,15)16)74(55-29-22-51(23-30-55)69(5,6)7)56-31-24-52(25-32-56)70(8,9)10/h17-44H,1-16H3. The van der Waals surface area contributed by atoms with Crippen LogP contribution in [0.4, 0.5) is 45.5 Å². The van der Waals surface area contributed by atoms with E-state index in [1.165, 1.54) is 117 Å². The number of aryl methyl sites for hydroxylation is 4. The van der Waals surface area contributed by atoms with Crippen molar-refractivity contribution in [3.05, 3.63) is 214 Å². The SMILES string of the molecule is Cc1cc(C)c(-c2cc3c4c(c2)N(c2ccc(C(C)(C)C)cc2C)c2ccc(N(c5ccc(C(C)(C)C)cc5)c5ccc(C(C)(C)C)cc5)cc2B4N(c2ccc(C(C)(C)C)cc2)c2ccc4ccccc4c2-3)c(C)c1. The Bertz CT molecular complexity index is 3640. The fourth-order valence-electron chi connectivity index (χ4n) is 12.3. The van der Waals surface area contributed by atoms with Gasteiger partial charge in [-0.05, 0) is 206 Å². The Labute approximate surface area is 455 Å². The summed E-state index contributed by atoms with van der Waals surface area (Å²) >= 11 is 0. The van der Waals surface area contributed by atoms with Crippen molar-refractivity contribution in [2.75, 3.05) is 14.6 Å². The Morgan fingerprint density at radius 1 is 0.395 bits per heavy atom. The summed E-state index contributed by atoms with van der Waals surface area (Å²) in [6.45, 7) is 36.6. The molecule has 0 unspecified atom stereocenters. The van der Waals surface area contributed by atoms with E-state index in [2.05, 4.69) is 295 Å². The van der Waals surface area contributed by atoms with E-state index >= 15 is 0 Å². The number of benzene rings is 9. The lowest BCUT2D eigenvalue weighted by atomic mass is 9.43. The van der Waals surface area contributed by atoms with Gasteiger partial charge in [0.05, 0.1) is 0 Å². The second-order valence-electron chi connectivity index (χ2n) is 26.2. The quantitative estimate of drug-likeness (QED) is 0.154. The third kappa shape index (κ3) is 8.82. The summed E-state index contributed by atoms with van der Waals surface area (Å²) in [6, 6.07) is 66.1. The molecule has 0 amide bonds. The Morgan fingerprint density at radius 2 is 0.895 bits per heavy atom. The van der Waals surface area contributed by atoms with Crippen LogP contribution in [-0.2, 0) is 21.7 Å². The molecule has 76 heavy (non-hydrogen) atoms. The van der Waals surface area contributed by atoms with E-state index < -0.39 is 0 Å². The molecule has 9 aromatic rings. The van der Waals surface area contributed by atoms with Gasteiger partial charge in [-0.2, -0.15) is 0 Å². The summed E-state index contributed by atoms with van der Waals surface area (Å²) in [5, 5.41) is 2.49. The molecule has 0 aliphatic carbocycles.